The van der Waals surface area contributed by atoms with E-state index in [1.54, 1.807) is 0 Å². The minimum atomic E-state index is 0.199. The van der Waals surface area contributed by atoms with Crippen LogP contribution in [0.4, 0.5) is 0 Å². The predicted octanol–water partition coefficient (Wildman–Crippen LogP) is 2.80. The highest BCUT2D eigenvalue weighted by Gasteiger charge is 1.92. The fourth-order valence-corrected chi connectivity index (χ4v) is 2.57. The lowest BCUT2D eigenvalue weighted by molar-refractivity contribution is 1.61. The lowest BCUT2D eigenvalue weighted by Gasteiger charge is -1.96. The maximum Gasteiger partial charge on any atom is 0.0443 e. The van der Waals surface area contributed by atoms with E-state index < -0.39 is 0 Å². The van der Waals surface area contributed by atoms with Gasteiger partial charge in [-0.15, -0.1) is 0 Å². The molecule has 0 aromatic rings. The average Bonchev–Trinajstić information content (AvgIpc) is 1.77. The summed E-state index contributed by atoms with van der Waals surface area (Å²) >= 11 is 5.95. The van der Waals surface area contributed by atoms with Crippen molar-refractivity contribution in [3.63, 3.8) is 0 Å². The molecule has 0 saturated carbocycles. The molecule has 0 spiro atoms. The second-order valence-electron chi connectivity index (χ2n) is 1.56. The van der Waals surface area contributed by atoms with Crippen LogP contribution in [0.3, 0.4) is 0 Å². The zero-order valence-corrected chi connectivity index (χ0v) is 7.40. The molecule has 0 N–H and O–H groups in total. The SMILES string of the molecule is CC1=C(Cl)C=CI=C1. The lowest BCUT2D eigenvalue weighted by atomic mass is 10.3. The van der Waals surface area contributed by atoms with Crippen molar-refractivity contribution in [3.8, 4) is 0 Å². The second-order valence-corrected chi connectivity index (χ2v) is 4.03. The fraction of sp³-hybridized carbons (Fsp3) is 0.167. The lowest BCUT2D eigenvalue weighted by Crippen LogP contribution is -1.79. The molecular weight excluding hydrogens is 234 g/mol. The molecule has 1 aliphatic heterocycles. The molecule has 0 amide bonds. The number of halogens is 2. The van der Waals surface area contributed by atoms with Crippen molar-refractivity contribution in [2.45, 2.75) is 6.92 Å². The van der Waals surface area contributed by atoms with Gasteiger partial charge in [0.25, 0.3) is 0 Å². The van der Waals surface area contributed by atoms with Gasteiger partial charge in [-0.05, 0) is 26.7 Å². The highest BCUT2D eigenvalue weighted by Crippen LogP contribution is 2.18. The van der Waals surface area contributed by atoms with Crippen molar-refractivity contribution in [1.29, 1.82) is 0 Å². The molecule has 44 valence electrons. The van der Waals surface area contributed by atoms with Gasteiger partial charge in [0.15, 0.2) is 0 Å². The molecule has 1 heterocycles. The smallest absolute Gasteiger partial charge is 0.0443 e. The summed E-state index contributed by atoms with van der Waals surface area (Å²) in [6.07, 6.45) is 1.99. The normalized spacial score (nSPS) is 18.8. The van der Waals surface area contributed by atoms with Crippen LogP contribution in [0.25, 0.3) is 0 Å². The Balaban J connectivity index is 2.97. The van der Waals surface area contributed by atoms with Gasteiger partial charge < -0.3 is 0 Å². The van der Waals surface area contributed by atoms with E-state index in [4.69, 9.17) is 11.6 Å². The van der Waals surface area contributed by atoms with Gasteiger partial charge in [0.1, 0.15) is 0 Å². The number of hydrogen-bond acceptors (Lipinski definition) is 0. The zero-order chi connectivity index (χ0) is 5.98. The summed E-state index contributed by atoms with van der Waals surface area (Å²) in [5.41, 5.74) is 1.24. The molecule has 0 nitrogen and oxygen atoms in total. The first-order chi connectivity index (χ1) is 3.80. The average molecular weight is 240 g/mol. The topological polar surface area (TPSA) is 0 Å². The van der Waals surface area contributed by atoms with Crippen molar-refractivity contribution in [1.82, 2.24) is 0 Å². The van der Waals surface area contributed by atoms with E-state index in [0.29, 0.717) is 0 Å². The first-order valence-corrected chi connectivity index (χ1v) is 5.16. The van der Waals surface area contributed by atoms with Crippen molar-refractivity contribution in [3.05, 3.63) is 20.8 Å². The number of hydrogen-bond donors (Lipinski definition) is 0. The molecule has 0 radical (unpaired) electrons. The Morgan fingerprint density at radius 1 is 1.62 bits per heavy atom. The van der Waals surface area contributed by atoms with Crippen molar-refractivity contribution >= 4 is 36.3 Å². The van der Waals surface area contributed by atoms with Crippen molar-refractivity contribution < 1.29 is 0 Å². The maximum atomic E-state index is 5.75. The van der Waals surface area contributed by atoms with Crippen LogP contribution in [0.1, 0.15) is 6.92 Å². The highest BCUT2D eigenvalue weighted by molar-refractivity contribution is 14.2. The van der Waals surface area contributed by atoms with Crippen LogP contribution in [0.5, 0.6) is 0 Å². The molecule has 0 aromatic carbocycles. The Labute approximate surface area is 64.0 Å². The largest absolute Gasteiger partial charge is 0.0933 e. The molecule has 0 unspecified atom stereocenters. The zero-order valence-electron chi connectivity index (χ0n) is 4.49. The third-order valence-corrected chi connectivity index (χ3v) is 3.38. The van der Waals surface area contributed by atoms with Crippen LogP contribution < -0.4 is 0 Å². The monoisotopic (exact) mass is 240 g/mol. The summed E-state index contributed by atoms with van der Waals surface area (Å²) in [5, 5.41) is 0.899. The van der Waals surface area contributed by atoms with Crippen molar-refractivity contribution in [2.75, 3.05) is 0 Å². The molecule has 8 heavy (non-hydrogen) atoms. The minimum Gasteiger partial charge on any atom is -0.0933 e. The van der Waals surface area contributed by atoms with Crippen LogP contribution in [-0.2, 0) is 0 Å². The van der Waals surface area contributed by atoms with E-state index in [-0.39, 0.29) is 20.7 Å². The Bertz CT molecular complexity index is 157. The molecule has 1 rings (SSSR count). The minimum absolute atomic E-state index is 0.199. The van der Waals surface area contributed by atoms with Crippen LogP contribution >= 0.6 is 32.3 Å². The van der Waals surface area contributed by atoms with E-state index in [1.807, 2.05) is 13.0 Å². The first kappa shape index (κ1) is 6.49. The predicted molar refractivity (Wildman–Crippen MR) is 47.8 cm³/mol. The number of rotatable bonds is 0. The Morgan fingerprint density at radius 3 is 2.75 bits per heavy atom. The van der Waals surface area contributed by atoms with Crippen LogP contribution in [-0.4, -0.2) is 4.01 Å². The van der Waals surface area contributed by atoms with Crippen LogP contribution in [0.15, 0.2) is 20.8 Å². The molecule has 0 atom stereocenters. The van der Waals surface area contributed by atoms with E-state index in [9.17, 15) is 0 Å². The third kappa shape index (κ3) is 1.42. The molecular formula is C6H6ClI. The molecule has 1 aliphatic rings. The Kier molecular flexibility index (Phi) is 2.26. The summed E-state index contributed by atoms with van der Waals surface area (Å²) in [6.45, 7) is 2.05. The van der Waals surface area contributed by atoms with Gasteiger partial charge in [0, 0.05) is 5.03 Å². The van der Waals surface area contributed by atoms with Gasteiger partial charge in [-0.2, -0.15) is 0 Å². The van der Waals surface area contributed by atoms with Crippen LogP contribution in [0.2, 0.25) is 0 Å². The van der Waals surface area contributed by atoms with E-state index in [2.05, 4.69) is 8.09 Å². The Hall–Kier alpha value is 0.370. The van der Waals surface area contributed by atoms with Gasteiger partial charge >= 0.3 is 0 Å². The number of allylic oxidation sites excluding steroid dienone is 3. The third-order valence-electron chi connectivity index (χ3n) is 0.885. The van der Waals surface area contributed by atoms with Crippen molar-refractivity contribution in [2.24, 2.45) is 0 Å². The summed E-state index contributed by atoms with van der Waals surface area (Å²) in [5.74, 6) is 0. The van der Waals surface area contributed by atoms with E-state index >= 15 is 0 Å². The van der Waals surface area contributed by atoms with E-state index in [1.165, 1.54) is 5.57 Å². The second kappa shape index (κ2) is 2.78. The summed E-state index contributed by atoms with van der Waals surface area (Å²) in [6, 6.07) is 0. The molecule has 0 saturated heterocycles. The maximum absolute atomic E-state index is 5.75. The van der Waals surface area contributed by atoms with Gasteiger partial charge in [-0.25, -0.2) is 0 Å². The van der Waals surface area contributed by atoms with Crippen LogP contribution in [0, 0.1) is 0 Å². The van der Waals surface area contributed by atoms with E-state index in [0.717, 1.165) is 5.03 Å². The molecule has 0 bridgehead atoms. The van der Waals surface area contributed by atoms with Gasteiger partial charge in [0.05, 0.1) is 0 Å². The molecule has 0 aliphatic carbocycles. The first-order valence-electron chi connectivity index (χ1n) is 2.29. The highest BCUT2D eigenvalue weighted by atomic mass is 127. The fourth-order valence-electron chi connectivity index (χ4n) is 0.406. The molecule has 2 heteroatoms. The van der Waals surface area contributed by atoms with Gasteiger partial charge in [0.2, 0.25) is 0 Å². The molecule has 0 fully saturated rings. The summed E-state index contributed by atoms with van der Waals surface area (Å²) in [4.78, 5) is 0. The summed E-state index contributed by atoms with van der Waals surface area (Å²) in [7, 11) is 0. The summed E-state index contributed by atoms with van der Waals surface area (Å²) < 4.78 is 4.38. The van der Waals surface area contributed by atoms with Gasteiger partial charge in [-0.1, -0.05) is 32.3 Å². The Morgan fingerprint density at radius 2 is 2.38 bits per heavy atom. The quantitative estimate of drug-likeness (QED) is 0.571. The standard InChI is InChI=1S/C6H6ClI/c1-5-4-8-3-2-6(5)7/h2-4H,1H3. The van der Waals surface area contributed by atoms with Gasteiger partial charge in [-0.3, -0.25) is 0 Å². The molecule has 0 aromatic heterocycles.